The maximum atomic E-state index is 14.0. The van der Waals surface area contributed by atoms with Crippen molar-refractivity contribution in [1.82, 2.24) is 0 Å². The molecule has 3 aromatic rings. The number of aryl methyl sites for hydroxylation is 1. The van der Waals surface area contributed by atoms with E-state index in [0.29, 0.717) is 57.1 Å². The average molecular weight is 569 g/mol. The van der Waals surface area contributed by atoms with Gasteiger partial charge in [-0.15, -0.1) is 0 Å². The number of hydrogen-bond acceptors (Lipinski definition) is 7. The van der Waals surface area contributed by atoms with Crippen molar-refractivity contribution in [2.45, 2.75) is 25.8 Å². The predicted octanol–water partition coefficient (Wildman–Crippen LogP) is 5.81. The average Bonchev–Trinajstić information content (AvgIpc) is 2.97. The highest BCUT2D eigenvalue weighted by Gasteiger charge is 2.42. The second-order valence-corrected chi connectivity index (χ2v) is 9.71. The van der Waals surface area contributed by atoms with Gasteiger partial charge in [0.15, 0.2) is 11.5 Å². The van der Waals surface area contributed by atoms with Crippen molar-refractivity contribution in [1.29, 1.82) is 0 Å². The van der Waals surface area contributed by atoms with E-state index in [1.807, 2.05) is 19.1 Å². The van der Waals surface area contributed by atoms with Crippen LogP contribution in [-0.4, -0.2) is 47.4 Å². The van der Waals surface area contributed by atoms with Gasteiger partial charge >= 0.3 is 0 Å². The van der Waals surface area contributed by atoms with Crippen LogP contribution in [0.1, 0.15) is 30.0 Å². The number of rotatable bonds is 9. The molecular formula is C30H33ClN2O7. The smallest absolute Gasteiger partial charge is 0.230 e. The summed E-state index contributed by atoms with van der Waals surface area (Å²) < 4.78 is 27.5. The highest BCUT2D eigenvalue weighted by molar-refractivity contribution is 6.31. The summed E-state index contributed by atoms with van der Waals surface area (Å²) in [6.45, 7) is 1.89. The van der Waals surface area contributed by atoms with Gasteiger partial charge in [0.2, 0.25) is 17.6 Å². The molecule has 0 spiro atoms. The molecule has 1 aliphatic rings. The third-order valence-corrected chi connectivity index (χ3v) is 7.47. The molecule has 0 aliphatic carbocycles. The molecule has 1 saturated heterocycles. The number of benzene rings is 3. The molecule has 1 fully saturated rings. The van der Waals surface area contributed by atoms with Crippen LogP contribution in [0.25, 0.3) is 0 Å². The Bertz CT molecular complexity index is 1390. The second-order valence-electron chi connectivity index (χ2n) is 9.30. The van der Waals surface area contributed by atoms with E-state index in [0.717, 1.165) is 5.56 Å². The molecule has 1 N–H and O–H groups in total. The van der Waals surface area contributed by atoms with E-state index in [-0.39, 0.29) is 18.2 Å². The van der Waals surface area contributed by atoms with Gasteiger partial charge in [0, 0.05) is 23.2 Å². The summed E-state index contributed by atoms with van der Waals surface area (Å²) in [6.07, 6.45) is 0.491. The Morgan fingerprint density at radius 1 is 0.875 bits per heavy atom. The number of nitrogens with one attached hydrogen (secondary N) is 1. The molecule has 0 saturated carbocycles. The lowest BCUT2D eigenvalue weighted by Crippen LogP contribution is -2.47. The van der Waals surface area contributed by atoms with Gasteiger partial charge in [0.05, 0.1) is 53.2 Å². The minimum Gasteiger partial charge on any atom is -0.497 e. The quantitative estimate of drug-likeness (QED) is 0.348. The maximum absolute atomic E-state index is 14.0. The Hall–Kier alpha value is -4.11. The number of halogens is 1. The highest BCUT2D eigenvalue weighted by atomic mass is 35.5. The summed E-state index contributed by atoms with van der Waals surface area (Å²) in [5.41, 5.74) is 2.58. The van der Waals surface area contributed by atoms with E-state index >= 15 is 0 Å². The summed E-state index contributed by atoms with van der Waals surface area (Å²) in [5, 5.41) is 3.52. The zero-order chi connectivity index (χ0) is 29.0. The van der Waals surface area contributed by atoms with Gasteiger partial charge in [-0.3, -0.25) is 9.59 Å². The van der Waals surface area contributed by atoms with Crippen molar-refractivity contribution in [3.8, 4) is 28.7 Å². The first-order valence-corrected chi connectivity index (χ1v) is 13.0. The number of piperidine rings is 1. The zero-order valence-corrected chi connectivity index (χ0v) is 24.1. The van der Waals surface area contributed by atoms with Gasteiger partial charge in [-0.1, -0.05) is 17.7 Å². The number of anilines is 2. The molecule has 9 nitrogen and oxygen atoms in total. The molecule has 0 radical (unpaired) electrons. The highest BCUT2D eigenvalue weighted by Crippen LogP contribution is 2.46. The second kappa shape index (κ2) is 12.4. The maximum Gasteiger partial charge on any atom is 0.230 e. The van der Waals surface area contributed by atoms with E-state index in [4.69, 9.17) is 35.3 Å². The molecule has 4 rings (SSSR count). The number of amides is 2. The Balaban J connectivity index is 1.85. The number of methoxy groups -OCH3 is 5. The van der Waals surface area contributed by atoms with Crippen LogP contribution in [0, 0.1) is 12.8 Å². The van der Waals surface area contributed by atoms with Crippen LogP contribution in [0.15, 0.2) is 48.5 Å². The fourth-order valence-electron chi connectivity index (χ4n) is 4.98. The molecule has 0 bridgehead atoms. The summed E-state index contributed by atoms with van der Waals surface area (Å²) >= 11 is 6.48. The molecule has 0 unspecified atom stereocenters. The molecule has 2 amide bonds. The van der Waals surface area contributed by atoms with Crippen LogP contribution in [0.2, 0.25) is 5.02 Å². The predicted molar refractivity (Wildman–Crippen MR) is 153 cm³/mol. The fraction of sp³-hybridized carbons (Fsp3) is 0.333. The summed E-state index contributed by atoms with van der Waals surface area (Å²) in [6, 6.07) is 13.4. The minimum absolute atomic E-state index is 0.134. The van der Waals surface area contributed by atoms with E-state index in [2.05, 4.69) is 5.32 Å². The van der Waals surface area contributed by atoms with Gasteiger partial charge in [-0.25, -0.2) is 0 Å². The SMILES string of the molecule is COc1ccc(NC(=O)[C@@H]2CCC(=O)N(c3ccc(C)c(Cl)c3)[C@@H]2c2cc(OC)c(OC)c(OC)c2)c(OC)c1. The van der Waals surface area contributed by atoms with Crippen LogP contribution in [-0.2, 0) is 9.59 Å². The zero-order valence-electron chi connectivity index (χ0n) is 23.4. The number of carbonyl (C=O) groups is 2. The monoisotopic (exact) mass is 568 g/mol. The van der Waals surface area contributed by atoms with Crippen molar-refractivity contribution in [2.75, 3.05) is 45.8 Å². The van der Waals surface area contributed by atoms with Crippen LogP contribution in [0.5, 0.6) is 28.7 Å². The van der Waals surface area contributed by atoms with Crippen molar-refractivity contribution in [2.24, 2.45) is 5.92 Å². The minimum atomic E-state index is -0.710. The standard InChI is InChI=1S/C30H33ClN2O7/c1-17-7-8-19(15-22(17)31)33-27(34)12-10-21(30(35)32-23-11-9-20(36-2)16-24(23)37-3)28(33)18-13-25(38-4)29(40-6)26(14-18)39-5/h7-9,11,13-16,21,28H,10,12H2,1-6H3,(H,32,35)/t21-,28-/m1/s1. The lowest BCUT2D eigenvalue weighted by atomic mass is 9.82. The Kier molecular flexibility index (Phi) is 8.94. The van der Waals surface area contributed by atoms with E-state index in [1.54, 1.807) is 48.4 Å². The van der Waals surface area contributed by atoms with Crippen molar-refractivity contribution in [3.63, 3.8) is 0 Å². The Labute approximate surface area is 238 Å². The number of ether oxygens (including phenoxy) is 5. The first-order valence-electron chi connectivity index (χ1n) is 12.7. The number of carbonyl (C=O) groups excluding carboxylic acids is 2. The van der Waals surface area contributed by atoms with E-state index < -0.39 is 12.0 Å². The molecule has 1 heterocycles. The summed E-state index contributed by atoms with van der Waals surface area (Å²) in [5.74, 6) is 1.21. The number of hydrogen-bond donors (Lipinski definition) is 1. The summed E-state index contributed by atoms with van der Waals surface area (Å²) in [4.78, 5) is 29.1. The molecule has 212 valence electrons. The van der Waals surface area contributed by atoms with Crippen LogP contribution >= 0.6 is 11.6 Å². The largest absolute Gasteiger partial charge is 0.497 e. The molecule has 3 aromatic carbocycles. The lowest BCUT2D eigenvalue weighted by Gasteiger charge is -2.41. The lowest BCUT2D eigenvalue weighted by molar-refractivity contribution is -0.126. The third kappa shape index (κ3) is 5.60. The molecule has 40 heavy (non-hydrogen) atoms. The van der Waals surface area contributed by atoms with Crippen LogP contribution < -0.4 is 33.9 Å². The number of nitrogens with zero attached hydrogens (tertiary/aromatic N) is 1. The van der Waals surface area contributed by atoms with Gasteiger partial charge in [0.25, 0.3) is 0 Å². The molecule has 2 atom stereocenters. The van der Waals surface area contributed by atoms with Crippen molar-refractivity contribution in [3.05, 3.63) is 64.7 Å². The van der Waals surface area contributed by atoms with Crippen molar-refractivity contribution >= 4 is 34.8 Å². The third-order valence-electron chi connectivity index (χ3n) is 7.06. The van der Waals surface area contributed by atoms with E-state index in [9.17, 15) is 9.59 Å². The Morgan fingerprint density at radius 2 is 1.55 bits per heavy atom. The fourth-order valence-corrected chi connectivity index (χ4v) is 5.16. The normalized spacial score (nSPS) is 16.8. The first kappa shape index (κ1) is 28.9. The van der Waals surface area contributed by atoms with Crippen molar-refractivity contribution < 1.29 is 33.3 Å². The molecular weight excluding hydrogens is 536 g/mol. The summed E-state index contributed by atoms with van der Waals surface area (Å²) in [7, 11) is 7.63. The first-order chi connectivity index (χ1) is 19.3. The van der Waals surface area contributed by atoms with Gasteiger partial charge < -0.3 is 33.9 Å². The van der Waals surface area contributed by atoms with Crippen LogP contribution in [0.4, 0.5) is 11.4 Å². The van der Waals surface area contributed by atoms with Gasteiger partial charge in [0.1, 0.15) is 11.5 Å². The van der Waals surface area contributed by atoms with Gasteiger partial charge in [-0.2, -0.15) is 0 Å². The van der Waals surface area contributed by atoms with Gasteiger partial charge in [-0.05, 0) is 60.9 Å². The Morgan fingerprint density at radius 3 is 2.12 bits per heavy atom. The molecule has 10 heteroatoms. The van der Waals surface area contributed by atoms with Crippen LogP contribution in [0.3, 0.4) is 0 Å². The topological polar surface area (TPSA) is 95.6 Å². The van der Waals surface area contributed by atoms with E-state index in [1.165, 1.54) is 28.4 Å². The molecule has 0 aromatic heterocycles. The molecule has 1 aliphatic heterocycles.